The normalized spacial score (nSPS) is 16.6. The molecule has 2 aromatic carbocycles. The molecule has 1 heterocycles. The average molecular weight is 289 g/mol. The topological polar surface area (TPSA) is 29.9 Å². The van der Waals surface area contributed by atoms with E-state index >= 15 is 0 Å². The number of benzene rings is 2. The minimum absolute atomic E-state index is 0.457. The largest absolute Gasteiger partial charge is 0.304 e. The van der Waals surface area contributed by atoms with E-state index in [-0.39, 0.29) is 0 Å². The highest BCUT2D eigenvalue weighted by molar-refractivity contribution is 5.34. The van der Waals surface area contributed by atoms with Crippen LogP contribution in [-0.2, 0) is 13.0 Å². The van der Waals surface area contributed by atoms with Crippen molar-refractivity contribution >= 4 is 0 Å². The second kappa shape index (κ2) is 5.78. The van der Waals surface area contributed by atoms with Crippen LogP contribution < -0.4 is 5.32 Å². The molecule has 3 aromatic rings. The zero-order valence-corrected chi connectivity index (χ0v) is 12.4. The summed E-state index contributed by atoms with van der Waals surface area (Å²) in [6, 6.07) is 21.5. The molecule has 22 heavy (non-hydrogen) atoms. The van der Waals surface area contributed by atoms with Crippen LogP contribution >= 0.6 is 0 Å². The van der Waals surface area contributed by atoms with Gasteiger partial charge in [-0.15, -0.1) is 0 Å². The lowest BCUT2D eigenvalue weighted by Gasteiger charge is -2.12. The van der Waals surface area contributed by atoms with Gasteiger partial charge in [-0.1, -0.05) is 42.5 Å². The van der Waals surface area contributed by atoms with Crippen LogP contribution in [0.2, 0.25) is 0 Å². The molecule has 1 aliphatic rings. The van der Waals surface area contributed by atoms with E-state index in [2.05, 4.69) is 52.9 Å². The predicted molar refractivity (Wildman–Crippen MR) is 87.9 cm³/mol. The summed E-state index contributed by atoms with van der Waals surface area (Å²) in [7, 11) is 0. The Kier molecular flexibility index (Phi) is 3.49. The van der Waals surface area contributed by atoms with Crippen molar-refractivity contribution in [3.63, 3.8) is 0 Å². The number of nitrogens with zero attached hydrogens (tertiary/aromatic N) is 2. The Morgan fingerprint density at radius 2 is 1.82 bits per heavy atom. The van der Waals surface area contributed by atoms with E-state index in [0.717, 1.165) is 17.9 Å². The van der Waals surface area contributed by atoms with Crippen molar-refractivity contribution in [2.45, 2.75) is 25.4 Å². The molecule has 1 aliphatic carbocycles. The minimum atomic E-state index is 0.457. The van der Waals surface area contributed by atoms with Gasteiger partial charge in [0.2, 0.25) is 0 Å². The predicted octanol–water partition coefficient (Wildman–Crippen LogP) is 3.65. The molecule has 0 fully saturated rings. The number of rotatable bonds is 4. The summed E-state index contributed by atoms with van der Waals surface area (Å²) in [5, 5.41) is 8.29. The van der Waals surface area contributed by atoms with Crippen LogP contribution in [0.5, 0.6) is 0 Å². The van der Waals surface area contributed by atoms with Gasteiger partial charge in [-0.3, -0.25) is 0 Å². The lowest BCUT2D eigenvalue weighted by Crippen LogP contribution is -2.19. The Morgan fingerprint density at radius 1 is 1.00 bits per heavy atom. The van der Waals surface area contributed by atoms with E-state index in [4.69, 9.17) is 0 Å². The van der Waals surface area contributed by atoms with Crippen LogP contribution in [0.15, 0.2) is 66.9 Å². The van der Waals surface area contributed by atoms with Crippen molar-refractivity contribution in [1.29, 1.82) is 0 Å². The molecule has 0 amide bonds. The van der Waals surface area contributed by atoms with Crippen molar-refractivity contribution in [2.75, 3.05) is 0 Å². The Bertz CT molecular complexity index is 761. The molecule has 0 radical (unpaired) electrons. The van der Waals surface area contributed by atoms with Gasteiger partial charge in [0, 0.05) is 18.8 Å². The molecule has 1 aromatic heterocycles. The van der Waals surface area contributed by atoms with Crippen molar-refractivity contribution in [3.8, 4) is 5.69 Å². The van der Waals surface area contributed by atoms with Gasteiger partial charge in [0.15, 0.2) is 0 Å². The van der Waals surface area contributed by atoms with Crippen LogP contribution in [0, 0.1) is 0 Å². The molecule has 3 heteroatoms. The van der Waals surface area contributed by atoms with Crippen LogP contribution in [0.3, 0.4) is 0 Å². The number of aryl methyl sites for hydroxylation is 1. The van der Waals surface area contributed by atoms with Crippen LogP contribution in [0.1, 0.15) is 29.3 Å². The smallest absolute Gasteiger partial charge is 0.0767 e. The maximum atomic E-state index is 4.65. The first-order chi connectivity index (χ1) is 10.9. The average Bonchev–Trinajstić information content (AvgIpc) is 3.21. The summed E-state index contributed by atoms with van der Waals surface area (Å²) in [5.41, 5.74) is 5.10. The van der Waals surface area contributed by atoms with Gasteiger partial charge in [-0.2, -0.15) is 5.10 Å². The number of hydrogen-bond acceptors (Lipinski definition) is 2. The standard InChI is InChI=1S/C19H19N3/c1-2-7-17(8-3-1)22-13-12-16(21-22)14-20-19-11-10-15-6-4-5-9-18(15)19/h1-9,12-13,19-20H,10-11,14H2/t19-/m1/s1. The molecule has 0 aliphatic heterocycles. The maximum absolute atomic E-state index is 4.65. The maximum Gasteiger partial charge on any atom is 0.0767 e. The van der Waals surface area contributed by atoms with Crippen LogP contribution in [0.4, 0.5) is 0 Å². The molecule has 0 saturated heterocycles. The van der Waals surface area contributed by atoms with Gasteiger partial charge < -0.3 is 5.32 Å². The van der Waals surface area contributed by atoms with Crippen LogP contribution in [-0.4, -0.2) is 9.78 Å². The van der Waals surface area contributed by atoms with E-state index in [0.29, 0.717) is 6.04 Å². The number of nitrogens with one attached hydrogen (secondary N) is 1. The summed E-state index contributed by atoms with van der Waals surface area (Å²) >= 11 is 0. The summed E-state index contributed by atoms with van der Waals surface area (Å²) in [6.07, 6.45) is 4.37. The van der Waals surface area contributed by atoms with Crippen molar-refractivity contribution < 1.29 is 0 Å². The molecule has 1 atom stereocenters. The van der Waals surface area contributed by atoms with E-state index in [9.17, 15) is 0 Å². The molecule has 0 spiro atoms. The third-order valence-electron chi connectivity index (χ3n) is 4.33. The number of para-hydroxylation sites is 1. The summed E-state index contributed by atoms with van der Waals surface area (Å²) in [6.45, 7) is 0.804. The second-order valence-electron chi connectivity index (χ2n) is 5.76. The molecule has 4 rings (SSSR count). The van der Waals surface area contributed by atoms with Crippen molar-refractivity contribution in [2.24, 2.45) is 0 Å². The van der Waals surface area contributed by atoms with Gasteiger partial charge >= 0.3 is 0 Å². The van der Waals surface area contributed by atoms with Gasteiger partial charge in [0.25, 0.3) is 0 Å². The molecule has 110 valence electrons. The number of hydrogen-bond donors (Lipinski definition) is 1. The monoisotopic (exact) mass is 289 g/mol. The number of aromatic nitrogens is 2. The van der Waals surface area contributed by atoms with Gasteiger partial charge in [-0.25, -0.2) is 4.68 Å². The zero-order chi connectivity index (χ0) is 14.8. The van der Waals surface area contributed by atoms with E-state index in [1.54, 1.807) is 0 Å². The highest BCUT2D eigenvalue weighted by atomic mass is 15.3. The summed E-state index contributed by atoms with van der Waals surface area (Å²) in [5.74, 6) is 0. The molecule has 0 saturated carbocycles. The fourth-order valence-electron chi connectivity index (χ4n) is 3.18. The summed E-state index contributed by atoms with van der Waals surface area (Å²) in [4.78, 5) is 0. The van der Waals surface area contributed by atoms with Crippen LogP contribution in [0.25, 0.3) is 5.69 Å². The quantitative estimate of drug-likeness (QED) is 0.794. The molecular weight excluding hydrogens is 270 g/mol. The summed E-state index contributed by atoms with van der Waals surface area (Å²) < 4.78 is 1.93. The minimum Gasteiger partial charge on any atom is -0.304 e. The molecule has 0 bridgehead atoms. The zero-order valence-electron chi connectivity index (χ0n) is 12.4. The van der Waals surface area contributed by atoms with Gasteiger partial charge in [0.05, 0.1) is 11.4 Å². The molecular formula is C19H19N3. The highest BCUT2D eigenvalue weighted by Crippen LogP contribution is 2.30. The third-order valence-corrected chi connectivity index (χ3v) is 4.33. The van der Waals surface area contributed by atoms with Crippen molar-refractivity contribution in [1.82, 2.24) is 15.1 Å². The van der Waals surface area contributed by atoms with Gasteiger partial charge in [0.1, 0.15) is 0 Å². The second-order valence-corrected chi connectivity index (χ2v) is 5.76. The molecule has 0 unspecified atom stereocenters. The lowest BCUT2D eigenvalue weighted by atomic mass is 10.1. The SMILES string of the molecule is c1ccc(-n2ccc(CN[C@@H]3CCc4ccccc43)n2)cc1. The van der Waals surface area contributed by atoms with E-state index < -0.39 is 0 Å². The first-order valence-electron chi connectivity index (χ1n) is 7.81. The van der Waals surface area contributed by atoms with E-state index in [1.165, 1.54) is 24.0 Å². The number of fused-ring (bicyclic) bond motifs is 1. The third kappa shape index (κ3) is 2.55. The Labute approximate surface area is 130 Å². The highest BCUT2D eigenvalue weighted by Gasteiger charge is 2.21. The first-order valence-corrected chi connectivity index (χ1v) is 7.81. The fourth-order valence-corrected chi connectivity index (χ4v) is 3.18. The molecule has 3 nitrogen and oxygen atoms in total. The Hall–Kier alpha value is -2.39. The Morgan fingerprint density at radius 3 is 2.73 bits per heavy atom. The van der Waals surface area contributed by atoms with Crippen molar-refractivity contribution in [3.05, 3.63) is 83.7 Å². The fraction of sp³-hybridized carbons (Fsp3) is 0.211. The molecule has 1 N–H and O–H groups in total. The Balaban J connectivity index is 1.44. The first kappa shape index (κ1) is 13.3. The van der Waals surface area contributed by atoms with Gasteiger partial charge in [-0.05, 0) is 42.2 Å². The van der Waals surface area contributed by atoms with E-state index in [1.807, 2.05) is 29.1 Å². The lowest BCUT2D eigenvalue weighted by molar-refractivity contribution is 0.523.